The highest BCUT2D eigenvalue weighted by Gasteiger charge is 2.07. The summed E-state index contributed by atoms with van der Waals surface area (Å²) in [4.78, 5) is 11.7. The molecular formula is C16H17NO2. The topological polar surface area (TPSA) is 52.3 Å². The molecule has 0 saturated heterocycles. The van der Waals surface area contributed by atoms with Crippen LogP contribution in [-0.4, -0.2) is 12.6 Å². The molecule has 0 atom stereocenters. The van der Waals surface area contributed by atoms with Crippen molar-refractivity contribution in [3.8, 4) is 11.1 Å². The van der Waals surface area contributed by atoms with E-state index in [0.29, 0.717) is 18.7 Å². The molecule has 2 N–H and O–H groups in total. The third-order valence-electron chi connectivity index (χ3n) is 2.90. The van der Waals surface area contributed by atoms with Crippen LogP contribution < -0.4 is 5.73 Å². The molecule has 3 heteroatoms. The molecule has 0 bridgehead atoms. The Morgan fingerprint density at radius 3 is 2.47 bits per heavy atom. The van der Waals surface area contributed by atoms with E-state index in [0.717, 1.165) is 16.7 Å². The lowest BCUT2D eigenvalue weighted by molar-refractivity contribution is 0.0526. The largest absolute Gasteiger partial charge is 0.462 e. The number of rotatable bonds is 4. The van der Waals surface area contributed by atoms with E-state index in [-0.39, 0.29) is 5.97 Å². The molecule has 3 nitrogen and oxygen atoms in total. The van der Waals surface area contributed by atoms with Gasteiger partial charge in [0, 0.05) is 6.54 Å². The number of nitrogens with two attached hydrogens (primary N) is 1. The first-order valence-electron chi connectivity index (χ1n) is 6.31. The molecule has 98 valence electrons. The van der Waals surface area contributed by atoms with Crippen LogP contribution in [0.4, 0.5) is 0 Å². The maximum atomic E-state index is 11.7. The highest BCUT2D eigenvalue weighted by molar-refractivity contribution is 5.91. The Balaban J connectivity index is 2.29. The van der Waals surface area contributed by atoms with Gasteiger partial charge < -0.3 is 10.5 Å². The van der Waals surface area contributed by atoms with Gasteiger partial charge in [-0.15, -0.1) is 0 Å². The van der Waals surface area contributed by atoms with Crippen LogP contribution in [0.15, 0.2) is 48.5 Å². The predicted octanol–water partition coefficient (Wildman–Crippen LogP) is 2.99. The highest BCUT2D eigenvalue weighted by Crippen LogP contribution is 2.21. The smallest absolute Gasteiger partial charge is 0.338 e. The van der Waals surface area contributed by atoms with Crippen molar-refractivity contribution in [3.05, 3.63) is 59.7 Å². The Bertz CT molecular complexity index is 561. The Morgan fingerprint density at radius 1 is 1.11 bits per heavy atom. The second-order valence-corrected chi connectivity index (χ2v) is 4.20. The van der Waals surface area contributed by atoms with Crippen LogP contribution in [0.25, 0.3) is 11.1 Å². The Kier molecular flexibility index (Phi) is 4.31. The van der Waals surface area contributed by atoms with Crippen molar-refractivity contribution in [3.63, 3.8) is 0 Å². The molecule has 0 aromatic heterocycles. The fourth-order valence-electron chi connectivity index (χ4n) is 1.87. The zero-order chi connectivity index (χ0) is 13.7. The normalized spacial score (nSPS) is 10.2. The van der Waals surface area contributed by atoms with Gasteiger partial charge in [-0.05, 0) is 35.7 Å². The Hall–Kier alpha value is -2.13. The van der Waals surface area contributed by atoms with E-state index >= 15 is 0 Å². The molecule has 2 rings (SSSR count). The molecule has 0 saturated carbocycles. The van der Waals surface area contributed by atoms with Gasteiger partial charge in [-0.2, -0.15) is 0 Å². The summed E-state index contributed by atoms with van der Waals surface area (Å²) < 4.78 is 5.00. The monoisotopic (exact) mass is 255 g/mol. The van der Waals surface area contributed by atoms with Crippen LogP contribution in [0.3, 0.4) is 0 Å². The van der Waals surface area contributed by atoms with Crippen LogP contribution in [0.1, 0.15) is 22.8 Å². The van der Waals surface area contributed by atoms with E-state index in [9.17, 15) is 4.79 Å². The molecule has 0 fully saturated rings. The lowest BCUT2D eigenvalue weighted by atomic mass is 10.0. The van der Waals surface area contributed by atoms with Crippen molar-refractivity contribution in [2.45, 2.75) is 13.5 Å². The van der Waals surface area contributed by atoms with Crippen molar-refractivity contribution in [1.82, 2.24) is 0 Å². The molecule has 0 aliphatic carbocycles. The third-order valence-corrected chi connectivity index (χ3v) is 2.90. The van der Waals surface area contributed by atoms with Crippen LogP contribution >= 0.6 is 0 Å². The zero-order valence-corrected chi connectivity index (χ0v) is 10.9. The molecule has 0 heterocycles. The van der Waals surface area contributed by atoms with E-state index < -0.39 is 0 Å². The van der Waals surface area contributed by atoms with Gasteiger partial charge in [0.1, 0.15) is 0 Å². The van der Waals surface area contributed by atoms with E-state index in [1.54, 1.807) is 13.0 Å². The van der Waals surface area contributed by atoms with Crippen LogP contribution in [-0.2, 0) is 11.3 Å². The van der Waals surface area contributed by atoms with E-state index in [1.165, 1.54) is 0 Å². The van der Waals surface area contributed by atoms with Gasteiger partial charge in [-0.3, -0.25) is 0 Å². The molecule has 0 unspecified atom stereocenters. The number of benzene rings is 2. The van der Waals surface area contributed by atoms with E-state index in [2.05, 4.69) is 0 Å². The van der Waals surface area contributed by atoms with Crippen molar-refractivity contribution in [1.29, 1.82) is 0 Å². The standard InChI is InChI=1S/C16H17NO2/c1-2-19-16(18)15-5-3-4-14(10-15)13-8-6-12(11-17)7-9-13/h3-10H,2,11,17H2,1H3. The fraction of sp³-hybridized carbons (Fsp3) is 0.188. The average Bonchev–Trinajstić information content (AvgIpc) is 2.48. The van der Waals surface area contributed by atoms with Gasteiger partial charge in [-0.1, -0.05) is 36.4 Å². The molecule has 2 aromatic rings. The van der Waals surface area contributed by atoms with Crippen molar-refractivity contribution < 1.29 is 9.53 Å². The number of carbonyl (C=O) groups is 1. The lowest BCUT2D eigenvalue weighted by Gasteiger charge is -2.06. The first kappa shape index (κ1) is 13.3. The van der Waals surface area contributed by atoms with Crippen LogP contribution in [0.5, 0.6) is 0 Å². The SMILES string of the molecule is CCOC(=O)c1cccc(-c2ccc(CN)cc2)c1. The van der Waals surface area contributed by atoms with Gasteiger partial charge in [0.15, 0.2) is 0 Å². The summed E-state index contributed by atoms with van der Waals surface area (Å²) in [6, 6.07) is 15.4. The molecule has 0 radical (unpaired) electrons. The maximum Gasteiger partial charge on any atom is 0.338 e. The lowest BCUT2D eigenvalue weighted by Crippen LogP contribution is -2.04. The van der Waals surface area contributed by atoms with Gasteiger partial charge in [0.05, 0.1) is 12.2 Å². The van der Waals surface area contributed by atoms with Crippen molar-refractivity contribution in [2.24, 2.45) is 5.73 Å². The van der Waals surface area contributed by atoms with Crippen molar-refractivity contribution in [2.75, 3.05) is 6.61 Å². The number of hydrogen-bond donors (Lipinski definition) is 1. The van der Waals surface area contributed by atoms with Gasteiger partial charge >= 0.3 is 5.97 Å². The average molecular weight is 255 g/mol. The first-order chi connectivity index (χ1) is 9.24. The van der Waals surface area contributed by atoms with E-state index in [1.807, 2.05) is 42.5 Å². The Morgan fingerprint density at radius 2 is 1.84 bits per heavy atom. The summed E-state index contributed by atoms with van der Waals surface area (Å²) in [6.45, 7) is 2.71. The summed E-state index contributed by atoms with van der Waals surface area (Å²) in [5.74, 6) is -0.289. The fourth-order valence-corrected chi connectivity index (χ4v) is 1.87. The maximum absolute atomic E-state index is 11.7. The molecule has 0 aliphatic rings. The van der Waals surface area contributed by atoms with Crippen LogP contribution in [0.2, 0.25) is 0 Å². The molecule has 2 aromatic carbocycles. The first-order valence-corrected chi connectivity index (χ1v) is 6.31. The number of carbonyl (C=O) groups excluding carboxylic acids is 1. The highest BCUT2D eigenvalue weighted by atomic mass is 16.5. The molecule has 19 heavy (non-hydrogen) atoms. The number of ether oxygens (including phenoxy) is 1. The summed E-state index contributed by atoms with van der Waals surface area (Å²) in [7, 11) is 0. The summed E-state index contributed by atoms with van der Waals surface area (Å²) in [6.07, 6.45) is 0. The number of esters is 1. The molecule has 0 amide bonds. The summed E-state index contributed by atoms with van der Waals surface area (Å²) in [5, 5.41) is 0. The van der Waals surface area contributed by atoms with Crippen LogP contribution in [0, 0.1) is 0 Å². The minimum absolute atomic E-state index is 0.289. The van der Waals surface area contributed by atoms with Gasteiger partial charge in [0.2, 0.25) is 0 Å². The second kappa shape index (κ2) is 6.16. The minimum Gasteiger partial charge on any atom is -0.462 e. The predicted molar refractivity (Wildman–Crippen MR) is 75.7 cm³/mol. The minimum atomic E-state index is -0.289. The molecular weight excluding hydrogens is 238 g/mol. The van der Waals surface area contributed by atoms with E-state index in [4.69, 9.17) is 10.5 Å². The number of hydrogen-bond acceptors (Lipinski definition) is 3. The molecule has 0 aliphatic heterocycles. The summed E-state index contributed by atoms with van der Waals surface area (Å²) >= 11 is 0. The second-order valence-electron chi connectivity index (χ2n) is 4.20. The third kappa shape index (κ3) is 3.20. The molecule has 0 spiro atoms. The zero-order valence-electron chi connectivity index (χ0n) is 10.9. The quantitative estimate of drug-likeness (QED) is 0.854. The van der Waals surface area contributed by atoms with Gasteiger partial charge in [-0.25, -0.2) is 4.79 Å². The van der Waals surface area contributed by atoms with Gasteiger partial charge in [0.25, 0.3) is 0 Å². The Labute approximate surface area is 113 Å². The van der Waals surface area contributed by atoms with Crippen molar-refractivity contribution >= 4 is 5.97 Å². The summed E-state index contributed by atoms with van der Waals surface area (Å²) in [5.41, 5.74) is 9.29.